The Morgan fingerprint density at radius 2 is 1.69 bits per heavy atom. The van der Waals surface area contributed by atoms with E-state index in [9.17, 15) is 28.4 Å². The second kappa shape index (κ2) is 12.3. The van der Waals surface area contributed by atoms with Crippen molar-refractivity contribution in [2.24, 2.45) is 5.92 Å². The Kier molecular flexibility index (Phi) is 9.97. The molecule has 0 heterocycles. The zero-order valence-electron chi connectivity index (χ0n) is 21.2. The highest BCUT2D eigenvalue weighted by Crippen LogP contribution is 2.25. The molecule has 2 aromatic rings. The molecule has 36 heavy (non-hydrogen) atoms. The highest BCUT2D eigenvalue weighted by Gasteiger charge is 2.36. The Hall–Kier alpha value is -3.02. The predicted octanol–water partition coefficient (Wildman–Crippen LogP) is 3.74. The molecule has 0 spiro atoms. The van der Waals surface area contributed by atoms with Gasteiger partial charge in [-0.1, -0.05) is 44.2 Å². The monoisotopic (exact) mass is 521 g/mol. The summed E-state index contributed by atoms with van der Waals surface area (Å²) in [5.74, 6) is -0.0953. The van der Waals surface area contributed by atoms with Crippen LogP contribution < -0.4 is 5.32 Å². The predicted molar refractivity (Wildman–Crippen MR) is 136 cm³/mol. The van der Waals surface area contributed by atoms with Gasteiger partial charge in [-0.05, 0) is 50.8 Å². The average Bonchev–Trinajstić information content (AvgIpc) is 2.79. The number of sulfonamides is 1. The number of ether oxygens (including phenoxy) is 1. The Balaban J connectivity index is 2.44. The van der Waals surface area contributed by atoms with Crippen LogP contribution in [0, 0.1) is 16.0 Å². The van der Waals surface area contributed by atoms with E-state index in [0.717, 1.165) is 17.7 Å². The number of hydrogen-bond acceptors (Lipinski definition) is 7. The Morgan fingerprint density at radius 1 is 1.11 bits per heavy atom. The number of carbonyl (C=O) groups excluding carboxylic acids is 1. The van der Waals surface area contributed by atoms with E-state index >= 15 is 0 Å². The van der Waals surface area contributed by atoms with Gasteiger partial charge in [-0.2, -0.15) is 4.31 Å². The fourth-order valence-electron chi connectivity index (χ4n) is 3.57. The average molecular weight is 522 g/mol. The van der Waals surface area contributed by atoms with E-state index in [-0.39, 0.29) is 36.0 Å². The molecular weight excluding hydrogens is 486 g/mol. The van der Waals surface area contributed by atoms with Gasteiger partial charge in [-0.25, -0.2) is 13.2 Å². The Morgan fingerprint density at radius 3 is 2.19 bits per heavy atom. The molecule has 2 atom stereocenters. The van der Waals surface area contributed by atoms with Crippen molar-refractivity contribution in [2.75, 3.05) is 13.1 Å². The first-order chi connectivity index (χ1) is 16.7. The number of non-ortho nitro benzene ring substituents is 1. The molecule has 198 valence electrons. The van der Waals surface area contributed by atoms with Gasteiger partial charge in [-0.3, -0.25) is 10.1 Å². The van der Waals surface area contributed by atoms with E-state index in [1.165, 1.54) is 16.4 Å². The molecule has 0 fully saturated rings. The van der Waals surface area contributed by atoms with Gasteiger partial charge >= 0.3 is 6.09 Å². The van der Waals surface area contributed by atoms with Crippen LogP contribution in [0.3, 0.4) is 0 Å². The lowest BCUT2D eigenvalue weighted by molar-refractivity contribution is -0.384. The molecule has 0 aliphatic heterocycles. The van der Waals surface area contributed by atoms with Crippen LogP contribution >= 0.6 is 0 Å². The zero-order chi connectivity index (χ0) is 27.1. The van der Waals surface area contributed by atoms with Crippen LogP contribution in [0.4, 0.5) is 10.5 Å². The van der Waals surface area contributed by atoms with Crippen LogP contribution in [0.5, 0.6) is 0 Å². The van der Waals surface area contributed by atoms with Gasteiger partial charge in [-0.15, -0.1) is 0 Å². The summed E-state index contributed by atoms with van der Waals surface area (Å²) in [4.78, 5) is 22.5. The van der Waals surface area contributed by atoms with Crippen molar-refractivity contribution < 1.29 is 28.0 Å². The number of rotatable bonds is 11. The maximum atomic E-state index is 13.7. The minimum absolute atomic E-state index is 0.0836. The van der Waals surface area contributed by atoms with Gasteiger partial charge < -0.3 is 15.2 Å². The molecule has 0 aliphatic rings. The van der Waals surface area contributed by atoms with E-state index in [2.05, 4.69) is 5.32 Å². The van der Waals surface area contributed by atoms with Crippen LogP contribution in [0.1, 0.15) is 40.2 Å². The lowest BCUT2D eigenvalue weighted by Crippen LogP contribution is -2.53. The summed E-state index contributed by atoms with van der Waals surface area (Å²) in [6.45, 7) is 8.68. The lowest BCUT2D eigenvalue weighted by atomic mass is 10.0. The summed E-state index contributed by atoms with van der Waals surface area (Å²) in [6, 6.07) is 12.8. The molecule has 0 aliphatic carbocycles. The van der Waals surface area contributed by atoms with Gasteiger partial charge in [0.1, 0.15) is 5.60 Å². The van der Waals surface area contributed by atoms with Crippen molar-refractivity contribution in [3.63, 3.8) is 0 Å². The third kappa shape index (κ3) is 8.58. The fraction of sp³-hybridized carbons (Fsp3) is 0.480. The van der Waals surface area contributed by atoms with Gasteiger partial charge in [0.2, 0.25) is 10.0 Å². The van der Waals surface area contributed by atoms with E-state index in [1.807, 2.05) is 44.2 Å². The maximum Gasteiger partial charge on any atom is 0.407 e. The quantitative estimate of drug-likeness (QED) is 0.339. The van der Waals surface area contributed by atoms with Crippen LogP contribution in [0.15, 0.2) is 59.5 Å². The number of aliphatic hydroxyl groups excluding tert-OH is 1. The number of nitrogens with one attached hydrogen (secondary N) is 1. The molecule has 0 radical (unpaired) electrons. The SMILES string of the molecule is CC(C)CN(C(Cc1ccccc1)C(O)CNC(=O)OC(C)(C)C)S(=O)(=O)c1ccc([N+](=O)[O-])cc1. The van der Waals surface area contributed by atoms with E-state index in [0.29, 0.717) is 0 Å². The van der Waals surface area contributed by atoms with Gasteiger partial charge in [0, 0.05) is 25.2 Å². The van der Waals surface area contributed by atoms with Crippen LogP contribution in [0.2, 0.25) is 0 Å². The molecular formula is C25H35N3O7S. The molecule has 10 nitrogen and oxygen atoms in total. The topological polar surface area (TPSA) is 139 Å². The lowest BCUT2D eigenvalue weighted by Gasteiger charge is -2.35. The number of aliphatic hydroxyl groups is 1. The van der Waals surface area contributed by atoms with Crippen LogP contribution in [-0.2, 0) is 21.2 Å². The number of nitro groups is 1. The molecule has 2 N–H and O–H groups in total. The number of alkyl carbamates (subject to hydrolysis) is 1. The minimum atomic E-state index is -4.16. The highest BCUT2D eigenvalue weighted by molar-refractivity contribution is 7.89. The Labute approximate surface area is 212 Å². The third-order valence-corrected chi connectivity index (χ3v) is 7.06. The molecule has 0 saturated carbocycles. The maximum absolute atomic E-state index is 13.7. The standard InChI is InChI=1S/C25H35N3O7S/c1-18(2)17-27(36(33,34)21-13-11-20(12-14-21)28(31)32)22(15-19-9-7-6-8-10-19)23(29)16-26-24(30)35-25(3,4)5/h6-14,18,22-23,29H,15-17H2,1-5H3,(H,26,30). The first-order valence-electron chi connectivity index (χ1n) is 11.7. The number of amides is 1. The number of carbonyl (C=O) groups is 1. The smallest absolute Gasteiger partial charge is 0.407 e. The summed E-state index contributed by atoms with van der Waals surface area (Å²) < 4.78 is 33.9. The van der Waals surface area contributed by atoms with Gasteiger partial charge in [0.15, 0.2) is 0 Å². The summed E-state index contributed by atoms with van der Waals surface area (Å²) in [5.41, 5.74) is -0.167. The number of benzene rings is 2. The largest absolute Gasteiger partial charge is 0.444 e. The summed E-state index contributed by atoms with van der Waals surface area (Å²) in [5, 5.41) is 24.7. The van der Waals surface area contributed by atoms with Crippen LogP contribution in [0.25, 0.3) is 0 Å². The second-order valence-electron chi connectivity index (χ2n) is 9.93. The molecule has 1 amide bonds. The number of nitro benzene ring substituents is 1. The summed E-state index contributed by atoms with van der Waals surface area (Å²) in [6.07, 6.45) is -1.82. The van der Waals surface area contributed by atoms with E-state index < -0.39 is 38.8 Å². The van der Waals surface area contributed by atoms with Crippen LogP contribution in [-0.4, -0.2) is 59.7 Å². The minimum Gasteiger partial charge on any atom is -0.444 e. The second-order valence-corrected chi connectivity index (χ2v) is 11.8. The number of hydrogen-bond donors (Lipinski definition) is 2. The van der Waals surface area contributed by atoms with E-state index in [4.69, 9.17) is 4.74 Å². The molecule has 2 unspecified atom stereocenters. The normalized spacial score (nSPS) is 13.9. The van der Waals surface area contributed by atoms with Gasteiger partial charge in [0.25, 0.3) is 5.69 Å². The van der Waals surface area contributed by atoms with E-state index in [1.54, 1.807) is 20.8 Å². The van der Waals surface area contributed by atoms with Crippen molar-refractivity contribution in [3.8, 4) is 0 Å². The molecule has 0 bridgehead atoms. The summed E-state index contributed by atoms with van der Waals surface area (Å²) in [7, 11) is -4.16. The van der Waals surface area contributed by atoms with Gasteiger partial charge in [0.05, 0.1) is 22.0 Å². The van der Waals surface area contributed by atoms with Crippen molar-refractivity contribution in [1.29, 1.82) is 0 Å². The summed E-state index contributed by atoms with van der Waals surface area (Å²) >= 11 is 0. The molecule has 2 rings (SSSR count). The first-order valence-corrected chi connectivity index (χ1v) is 13.1. The molecule has 0 aromatic heterocycles. The highest BCUT2D eigenvalue weighted by atomic mass is 32.2. The molecule has 0 saturated heterocycles. The third-order valence-electron chi connectivity index (χ3n) is 5.16. The van der Waals surface area contributed by atoms with Crippen molar-refractivity contribution in [3.05, 3.63) is 70.3 Å². The van der Waals surface area contributed by atoms with Crippen molar-refractivity contribution >= 4 is 21.8 Å². The fourth-order valence-corrected chi connectivity index (χ4v) is 5.39. The Bertz CT molecular complexity index is 1110. The van der Waals surface area contributed by atoms with Crippen molar-refractivity contribution in [1.82, 2.24) is 9.62 Å². The number of nitrogens with zero attached hydrogens (tertiary/aromatic N) is 2. The molecule has 11 heteroatoms. The van der Waals surface area contributed by atoms with Crippen molar-refractivity contribution in [2.45, 2.75) is 63.7 Å². The molecule has 2 aromatic carbocycles. The first kappa shape index (κ1) is 29.2. The zero-order valence-corrected chi connectivity index (χ0v) is 22.1.